The molecule has 0 radical (unpaired) electrons. The van der Waals surface area contributed by atoms with Gasteiger partial charge in [0.1, 0.15) is 18.7 Å². The Morgan fingerprint density at radius 1 is 1.41 bits per heavy atom. The predicted octanol–water partition coefficient (Wildman–Crippen LogP) is 3.05. The van der Waals surface area contributed by atoms with E-state index in [1.807, 2.05) is 25.2 Å². The Bertz CT molecular complexity index is 513. The Kier molecular flexibility index (Phi) is 4.17. The van der Waals surface area contributed by atoms with Gasteiger partial charge in [-0.1, -0.05) is 22.0 Å². The summed E-state index contributed by atoms with van der Waals surface area (Å²) in [6.07, 6.45) is 1.52. The molecule has 0 aliphatic carbocycles. The van der Waals surface area contributed by atoms with Crippen LogP contribution < -0.4 is 4.74 Å². The zero-order valence-corrected chi connectivity index (χ0v) is 12.4. The minimum absolute atomic E-state index is 0.406. The zero-order chi connectivity index (χ0) is 12.3. The van der Waals surface area contributed by atoms with Gasteiger partial charge >= 0.3 is 0 Å². The maximum absolute atomic E-state index is 5.68. The lowest BCUT2D eigenvalue weighted by Gasteiger charge is -2.08. The number of aromatic nitrogens is 3. The number of nitrogens with zero attached hydrogens (tertiary/aromatic N) is 3. The van der Waals surface area contributed by atoms with Gasteiger partial charge in [0.25, 0.3) is 0 Å². The Morgan fingerprint density at radius 2 is 2.24 bits per heavy atom. The van der Waals surface area contributed by atoms with E-state index < -0.39 is 0 Å². The highest BCUT2D eigenvalue weighted by atomic mass is 79.9. The van der Waals surface area contributed by atoms with Crippen molar-refractivity contribution in [2.75, 3.05) is 0 Å². The lowest BCUT2D eigenvalue weighted by atomic mass is 10.2. The maximum Gasteiger partial charge on any atom is 0.164 e. The lowest BCUT2D eigenvalue weighted by Crippen LogP contribution is -2.04. The van der Waals surface area contributed by atoms with Gasteiger partial charge in [0.15, 0.2) is 5.82 Å². The monoisotopic (exact) mass is 359 g/mol. The molecule has 90 valence electrons. The lowest BCUT2D eigenvalue weighted by molar-refractivity contribution is 0.288. The largest absolute Gasteiger partial charge is 0.484 e. The van der Waals surface area contributed by atoms with Crippen LogP contribution in [0.25, 0.3) is 0 Å². The molecule has 6 heteroatoms. The second-order valence-electron chi connectivity index (χ2n) is 3.49. The van der Waals surface area contributed by atoms with Crippen LogP contribution in [0.3, 0.4) is 0 Å². The molecule has 0 atom stereocenters. The minimum Gasteiger partial charge on any atom is -0.484 e. The van der Waals surface area contributed by atoms with Crippen molar-refractivity contribution in [3.05, 3.63) is 40.4 Å². The fourth-order valence-electron chi connectivity index (χ4n) is 1.34. The molecule has 0 saturated carbocycles. The summed E-state index contributed by atoms with van der Waals surface area (Å²) in [7, 11) is 1.84. The summed E-state index contributed by atoms with van der Waals surface area (Å²) in [5.41, 5.74) is 1.20. The van der Waals surface area contributed by atoms with Crippen LogP contribution in [0.5, 0.6) is 5.75 Å². The Balaban J connectivity index is 2.07. The molecule has 0 saturated heterocycles. The predicted molar refractivity (Wildman–Crippen MR) is 72.1 cm³/mol. The van der Waals surface area contributed by atoms with E-state index in [0.717, 1.165) is 21.4 Å². The number of ether oxygens (including phenoxy) is 1. The third kappa shape index (κ3) is 3.07. The molecule has 0 unspecified atom stereocenters. The van der Waals surface area contributed by atoms with Crippen molar-refractivity contribution >= 4 is 31.9 Å². The maximum atomic E-state index is 5.68. The molecule has 2 aromatic rings. The fraction of sp³-hybridized carbons (Fsp3) is 0.273. The molecule has 4 nitrogen and oxygen atoms in total. The highest BCUT2D eigenvalue weighted by molar-refractivity contribution is 9.10. The van der Waals surface area contributed by atoms with Crippen LogP contribution in [-0.4, -0.2) is 14.8 Å². The Labute approximate surface area is 116 Å². The van der Waals surface area contributed by atoms with Crippen LogP contribution in [0.2, 0.25) is 0 Å². The van der Waals surface area contributed by atoms with Gasteiger partial charge < -0.3 is 4.74 Å². The molecule has 2 rings (SSSR count). The average molecular weight is 361 g/mol. The molecule has 1 aromatic carbocycles. The van der Waals surface area contributed by atoms with Gasteiger partial charge in [-0.3, -0.25) is 4.68 Å². The highest BCUT2D eigenvalue weighted by Gasteiger charge is 2.05. The molecule has 0 bridgehead atoms. The number of benzene rings is 1. The molecular weight excluding hydrogens is 350 g/mol. The molecule has 0 fully saturated rings. The van der Waals surface area contributed by atoms with Gasteiger partial charge in [-0.05, 0) is 33.6 Å². The van der Waals surface area contributed by atoms with Gasteiger partial charge in [0.2, 0.25) is 0 Å². The van der Waals surface area contributed by atoms with Crippen molar-refractivity contribution in [3.63, 3.8) is 0 Å². The summed E-state index contributed by atoms with van der Waals surface area (Å²) in [5, 5.41) is 4.81. The van der Waals surface area contributed by atoms with E-state index in [4.69, 9.17) is 4.74 Å². The number of aryl methyl sites for hydroxylation is 1. The quantitative estimate of drug-likeness (QED) is 0.786. The van der Waals surface area contributed by atoms with Crippen molar-refractivity contribution in [2.45, 2.75) is 11.9 Å². The van der Waals surface area contributed by atoms with Crippen LogP contribution in [-0.2, 0) is 19.0 Å². The number of hydrogen-bond acceptors (Lipinski definition) is 3. The van der Waals surface area contributed by atoms with Crippen molar-refractivity contribution in [1.29, 1.82) is 0 Å². The van der Waals surface area contributed by atoms with E-state index >= 15 is 0 Å². The first-order chi connectivity index (χ1) is 8.20. The molecule has 0 amide bonds. The number of alkyl halides is 1. The van der Waals surface area contributed by atoms with Gasteiger partial charge in [-0.25, -0.2) is 4.98 Å². The van der Waals surface area contributed by atoms with Gasteiger partial charge in [-0.2, -0.15) is 5.10 Å². The van der Waals surface area contributed by atoms with Crippen LogP contribution in [0, 0.1) is 0 Å². The Morgan fingerprint density at radius 3 is 2.82 bits per heavy atom. The average Bonchev–Trinajstić information content (AvgIpc) is 2.73. The number of rotatable bonds is 4. The second kappa shape index (κ2) is 5.64. The van der Waals surface area contributed by atoms with Gasteiger partial charge in [0.05, 0.1) is 4.47 Å². The molecule has 0 aliphatic heterocycles. The summed E-state index contributed by atoms with van der Waals surface area (Å²) >= 11 is 6.90. The smallest absolute Gasteiger partial charge is 0.164 e. The summed E-state index contributed by atoms with van der Waals surface area (Å²) < 4.78 is 8.31. The van der Waals surface area contributed by atoms with Crippen molar-refractivity contribution in [3.8, 4) is 5.75 Å². The first-order valence-electron chi connectivity index (χ1n) is 5.01. The van der Waals surface area contributed by atoms with Gasteiger partial charge in [0, 0.05) is 12.4 Å². The molecule has 1 aromatic heterocycles. The normalized spacial score (nSPS) is 10.5. The zero-order valence-electron chi connectivity index (χ0n) is 9.23. The van der Waals surface area contributed by atoms with E-state index in [1.54, 1.807) is 4.68 Å². The van der Waals surface area contributed by atoms with Crippen molar-refractivity contribution < 1.29 is 4.74 Å². The SMILES string of the molecule is Cn1ncnc1COc1ccc(CBr)cc1Br. The van der Waals surface area contributed by atoms with Crippen LogP contribution >= 0.6 is 31.9 Å². The second-order valence-corrected chi connectivity index (χ2v) is 4.90. The number of hydrogen-bond donors (Lipinski definition) is 0. The third-order valence-electron chi connectivity index (χ3n) is 2.31. The van der Waals surface area contributed by atoms with Crippen LogP contribution in [0.15, 0.2) is 29.0 Å². The number of halogens is 2. The molecule has 1 heterocycles. The first kappa shape index (κ1) is 12.6. The molecule has 17 heavy (non-hydrogen) atoms. The van der Waals surface area contributed by atoms with E-state index in [0.29, 0.717) is 6.61 Å². The van der Waals surface area contributed by atoms with Crippen LogP contribution in [0.1, 0.15) is 11.4 Å². The van der Waals surface area contributed by atoms with E-state index in [1.165, 1.54) is 11.9 Å². The van der Waals surface area contributed by atoms with Crippen LogP contribution in [0.4, 0.5) is 0 Å². The standard InChI is InChI=1S/C11H11Br2N3O/c1-16-11(14-7-15-16)6-17-10-3-2-8(5-12)4-9(10)13/h2-4,7H,5-6H2,1H3. The summed E-state index contributed by atoms with van der Waals surface area (Å²) in [5.74, 6) is 1.60. The first-order valence-corrected chi connectivity index (χ1v) is 6.92. The summed E-state index contributed by atoms with van der Waals surface area (Å²) in [4.78, 5) is 4.10. The highest BCUT2D eigenvalue weighted by Crippen LogP contribution is 2.27. The summed E-state index contributed by atoms with van der Waals surface area (Å²) in [6.45, 7) is 0.406. The minimum atomic E-state index is 0.406. The van der Waals surface area contributed by atoms with E-state index in [-0.39, 0.29) is 0 Å². The molecular formula is C11H11Br2N3O. The molecule has 0 N–H and O–H groups in total. The molecule has 0 aliphatic rings. The van der Waals surface area contributed by atoms with Crippen molar-refractivity contribution in [2.24, 2.45) is 7.05 Å². The third-order valence-corrected chi connectivity index (χ3v) is 3.58. The van der Waals surface area contributed by atoms with Crippen molar-refractivity contribution in [1.82, 2.24) is 14.8 Å². The van der Waals surface area contributed by atoms with E-state index in [9.17, 15) is 0 Å². The molecule has 0 spiro atoms. The van der Waals surface area contributed by atoms with E-state index in [2.05, 4.69) is 41.9 Å². The van der Waals surface area contributed by atoms with Gasteiger partial charge in [-0.15, -0.1) is 0 Å². The Hall–Kier alpha value is -0.880. The fourth-order valence-corrected chi connectivity index (χ4v) is 2.23. The summed E-state index contributed by atoms with van der Waals surface area (Å²) in [6, 6.07) is 5.99. The topological polar surface area (TPSA) is 39.9 Å².